The fourth-order valence-electron chi connectivity index (χ4n) is 3.54. The van der Waals surface area contributed by atoms with Crippen LogP contribution >= 0.6 is 11.6 Å². The predicted octanol–water partition coefficient (Wildman–Crippen LogP) is 7.25. The van der Waals surface area contributed by atoms with Crippen LogP contribution in [0.4, 0.5) is 18.9 Å². The van der Waals surface area contributed by atoms with Crippen LogP contribution in [0.1, 0.15) is 21.5 Å². The smallest absolute Gasteiger partial charge is 0.493 e. The number of methoxy groups -OCH3 is 4. The molecule has 0 radical (unpaired) electrons. The molecule has 3 rings (SSSR count). The Bertz CT molecular complexity index is 1350. The zero-order valence-corrected chi connectivity index (χ0v) is 22.1. The number of anilines is 1. The lowest BCUT2D eigenvalue weighted by atomic mass is 10.1. The minimum Gasteiger partial charge on any atom is -0.493 e. The maximum Gasteiger partial charge on any atom is 0.573 e. The minimum absolute atomic E-state index is 0.176. The lowest BCUT2D eigenvalue weighted by Gasteiger charge is -2.13. The average molecular weight is 564 g/mol. The molecule has 0 saturated carbocycles. The van der Waals surface area contributed by atoms with Crippen molar-refractivity contribution in [3.05, 3.63) is 82.5 Å². The van der Waals surface area contributed by atoms with Gasteiger partial charge in [0.25, 0.3) is 0 Å². The summed E-state index contributed by atoms with van der Waals surface area (Å²) in [4.78, 5) is 12.4. The van der Waals surface area contributed by atoms with Gasteiger partial charge < -0.3 is 29.0 Å². The molecule has 0 aliphatic rings. The van der Waals surface area contributed by atoms with Crippen LogP contribution in [-0.2, 0) is 0 Å². The molecule has 0 aliphatic carbocycles. The highest BCUT2D eigenvalue weighted by Crippen LogP contribution is 2.39. The van der Waals surface area contributed by atoms with Crippen molar-refractivity contribution in [3.63, 3.8) is 0 Å². The number of carbonyl (C=O) groups excluding carboxylic acids is 1. The third-order valence-corrected chi connectivity index (χ3v) is 5.55. The summed E-state index contributed by atoms with van der Waals surface area (Å²) in [5.41, 5.74) is 2.15. The van der Waals surface area contributed by atoms with E-state index in [0.717, 1.165) is 23.3 Å². The van der Waals surface area contributed by atoms with Gasteiger partial charge in [0.2, 0.25) is 5.75 Å². The minimum atomic E-state index is -4.81. The lowest BCUT2D eigenvalue weighted by molar-refractivity contribution is -0.274. The first kappa shape index (κ1) is 29.2. The predicted molar refractivity (Wildman–Crippen MR) is 143 cm³/mol. The van der Waals surface area contributed by atoms with E-state index >= 15 is 0 Å². The molecule has 0 aromatic heterocycles. The van der Waals surface area contributed by atoms with Gasteiger partial charge in [0.05, 0.1) is 39.1 Å². The highest BCUT2D eigenvalue weighted by Gasteiger charge is 2.31. The highest BCUT2D eigenvalue weighted by molar-refractivity contribution is 6.32. The summed E-state index contributed by atoms with van der Waals surface area (Å²) in [6.07, 6.45) is 1.44. The van der Waals surface area contributed by atoms with Crippen LogP contribution in [0, 0.1) is 0 Å². The molecule has 0 saturated heterocycles. The van der Waals surface area contributed by atoms with Crippen molar-refractivity contribution in [2.45, 2.75) is 6.36 Å². The Morgan fingerprint density at radius 1 is 0.821 bits per heavy atom. The van der Waals surface area contributed by atoms with Gasteiger partial charge in [0, 0.05) is 17.8 Å². The standard InChI is InChI=1S/C28H25ClF3NO6/c1-35-24-15-18(16-25(36-2)27(24)38-4)6-5-17-13-21(29)26(37-3)22(14-17)33-12-11-23(34)19-7-9-20(10-8-19)39-28(30,31)32/h5-16,33H,1-4H3/b6-5-,12-11-. The number of hydrogen-bond acceptors (Lipinski definition) is 7. The van der Waals surface area contributed by atoms with Crippen LogP contribution in [0.3, 0.4) is 0 Å². The molecular weight excluding hydrogens is 539 g/mol. The van der Waals surface area contributed by atoms with Crippen LogP contribution in [0.25, 0.3) is 12.2 Å². The largest absolute Gasteiger partial charge is 0.573 e. The zero-order valence-electron chi connectivity index (χ0n) is 21.4. The number of rotatable bonds is 11. The molecule has 1 N–H and O–H groups in total. The summed E-state index contributed by atoms with van der Waals surface area (Å²) < 4.78 is 62.3. The molecule has 0 bridgehead atoms. The topological polar surface area (TPSA) is 75.3 Å². The molecule has 0 heterocycles. The monoisotopic (exact) mass is 563 g/mol. The summed E-state index contributed by atoms with van der Waals surface area (Å²) in [5, 5.41) is 3.29. The van der Waals surface area contributed by atoms with E-state index < -0.39 is 17.9 Å². The van der Waals surface area contributed by atoms with E-state index in [2.05, 4.69) is 10.1 Å². The van der Waals surface area contributed by atoms with Crippen LogP contribution in [0.5, 0.6) is 28.7 Å². The third kappa shape index (κ3) is 7.84. The second-order valence-electron chi connectivity index (χ2n) is 7.79. The van der Waals surface area contributed by atoms with Crippen molar-refractivity contribution in [2.75, 3.05) is 33.8 Å². The van der Waals surface area contributed by atoms with Gasteiger partial charge in [0.1, 0.15) is 5.75 Å². The van der Waals surface area contributed by atoms with Gasteiger partial charge in [-0.1, -0.05) is 23.8 Å². The summed E-state index contributed by atoms with van der Waals surface area (Å²) in [6.45, 7) is 0. The van der Waals surface area contributed by atoms with Gasteiger partial charge in [-0.25, -0.2) is 0 Å². The normalized spacial score (nSPS) is 11.5. The molecule has 7 nitrogen and oxygen atoms in total. The summed E-state index contributed by atoms with van der Waals surface area (Å²) in [7, 11) is 6.04. The Morgan fingerprint density at radius 3 is 1.90 bits per heavy atom. The van der Waals surface area contributed by atoms with E-state index in [4.69, 9.17) is 30.5 Å². The van der Waals surface area contributed by atoms with E-state index in [9.17, 15) is 18.0 Å². The number of nitrogens with one attached hydrogen (secondary N) is 1. The van der Waals surface area contributed by atoms with Crippen molar-refractivity contribution in [1.29, 1.82) is 0 Å². The van der Waals surface area contributed by atoms with Crippen LogP contribution < -0.4 is 29.0 Å². The Morgan fingerprint density at radius 2 is 1.38 bits per heavy atom. The van der Waals surface area contributed by atoms with Crippen molar-refractivity contribution < 1.29 is 41.7 Å². The maximum atomic E-state index is 12.4. The number of allylic oxidation sites excluding steroid dienone is 1. The molecule has 206 valence electrons. The number of carbonyl (C=O) groups is 1. The van der Waals surface area contributed by atoms with Gasteiger partial charge in [-0.2, -0.15) is 0 Å². The van der Waals surface area contributed by atoms with Gasteiger partial charge in [-0.15, -0.1) is 13.2 Å². The van der Waals surface area contributed by atoms with Crippen LogP contribution in [0.15, 0.2) is 60.8 Å². The Kier molecular flexibility index (Phi) is 9.73. The molecular formula is C28H25ClF3NO6. The first-order valence-corrected chi connectivity index (χ1v) is 11.6. The van der Waals surface area contributed by atoms with E-state index in [1.54, 1.807) is 24.3 Å². The third-order valence-electron chi connectivity index (χ3n) is 5.27. The van der Waals surface area contributed by atoms with E-state index in [-0.39, 0.29) is 5.56 Å². The zero-order chi connectivity index (χ0) is 28.6. The van der Waals surface area contributed by atoms with Gasteiger partial charge in [0.15, 0.2) is 23.0 Å². The molecule has 11 heteroatoms. The SMILES string of the molecule is COc1cc(/C=C\c2cc(Cl)c(OC)c(N/C=C\C(=O)c3ccc(OC(F)(F)F)cc3)c2)cc(OC)c1OC. The van der Waals surface area contributed by atoms with E-state index in [1.165, 1.54) is 52.8 Å². The molecule has 0 fully saturated rings. The van der Waals surface area contributed by atoms with Crippen LogP contribution in [-0.4, -0.2) is 40.6 Å². The van der Waals surface area contributed by atoms with Crippen molar-refractivity contribution >= 4 is 35.2 Å². The number of hydrogen-bond donors (Lipinski definition) is 1. The number of halogens is 4. The molecule has 3 aromatic rings. The second-order valence-corrected chi connectivity index (χ2v) is 8.20. The fraction of sp³-hybridized carbons (Fsp3) is 0.179. The Labute approximate surface area is 228 Å². The summed E-state index contributed by atoms with van der Waals surface area (Å²) in [6, 6.07) is 11.6. The van der Waals surface area contributed by atoms with Crippen molar-refractivity contribution in [1.82, 2.24) is 0 Å². The van der Waals surface area contributed by atoms with E-state index in [0.29, 0.717) is 33.7 Å². The lowest BCUT2D eigenvalue weighted by Crippen LogP contribution is -2.17. The van der Waals surface area contributed by atoms with Gasteiger partial charge in [-0.05, 0) is 59.7 Å². The molecule has 0 atom stereocenters. The number of alkyl halides is 3. The molecule has 0 aliphatic heterocycles. The van der Waals surface area contributed by atoms with E-state index in [1.807, 2.05) is 12.2 Å². The van der Waals surface area contributed by atoms with Crippen molar-refractivity contribution in [2.24, 2.45) is 0 Å². The first-order chi connectivity index (χ1) is 18.6. The first-order valence-electron chi connectivity index (χ1n) is 11.3. The van der Waals surface area contributed by atoms with Crippen LogP contribution in [0.2, 0.25) is 5.02 Å². The molecule has 0 spiro atoms. The number of ether oxygens (including phenoxy) is 5. The Balaban J connectivity index is 1.79. The second kappa shape index (κ2) is 13.0. The number of benzene rings is 3. The quantitative estimate of drug-likeness (QED) is 0.150. The number of ketones is 1. The molecule has 0 amide bonds. The van der Waals surface area contributed by atoms with Gasteiger partial charge >= 0.3 is 6.36 Å². The molecule has 39 heavy (non-hydrogen) atoms. The molecule has 0 unspecified atom stereocenters. The van der Waals surface area contributed by atoms with Crippen molar-refractivity contribution in [3.8, 4) is 28.7 Å². The molecule has 3 aromatic carbocycles. The summed E-state index contributed by atoms with van der Waals surface area (Å²) >= 11 is 6.41. The average Bonchev–Trinajstić information content (AvgIpc) is 2.90. The van der Waals surface area contributed by atoms with Gasteiger partial charge in [-0.3, -0.25) is 4.79 Å². The fourth-order valence-corrected chi connectivity index (χ4v) is 3.84. The summed E-state index contributed by atoms with van der Waals surface area (Å²) in [5.74, 6) is 0.977. The maximum absolute atomic E-state index is 12.4. The Hall–Kier alpha value is -4.31. The highest BCUT2D eigenvalue weighted by atomic mass is 35.5.